The molecule has 1 N–H and O–H groups in total. The van der Waals surface area contributed by atoms with Crippen LogP contribution in [0.15, 0.2) is 47.0 Å². The number of nitrogens with zero attached hydrogens (tertiary/aromatic N) is 2. The van der Waals surface area contributed by atoms with Crippen molar-refractivity contribution in [3.05, 3.63) is 81.0 Å². The van der Waals surface area contributed by atoms with Gasteiger partial charge in [-0.25, -0.2) is 4.39 Å². The van der Waals surface area contributed by atoms with Crippen LogP contribution in [0, 0.1) is 29.8 Å². The second-order valence-electron chi connectivity index (χ2n) is 6.04. The quantitative estimate of drug-likeness (QED) is 0.504. The predicted molar refractivity (Wildman–Crippen MR) is 97.8 cm³/mol. The highest BCUT2D eigenvalue weighted by molar-refractivity contribution is 6.05. The van der Waals surface area contributed by atoms with E-state index in [-0.39, 0.29) is 23.7 Å². The number of amides is 1. The van der Waals surface area contributed by atoms with Crippen molar-refractivity contribution in [3.63, 3.8) is 0 Å². The number of aromatic nitrogens is 1. The summed E-state index contributed by atoms with van der Waals surface area (Å²) in [6, 6.07) is 9.87. The van der Waals surface area contributed by atoms with Crippen LogP contribution in [0.25, 0.3) is 0 Å². The minimum absolute atomic E-state index is 0.0420. The van der Waals surface area contributed by atoms with Crippen LogP contribution in [0.1, 0.15) is 27.4 Å². The highest BCUT2D eigenvalue weighted by Crippen LogP contribution is 2.26. The summed E-state index contributed by atoms with van der Waals surface area (Å²) in [6.07, 6.45) is 0. The van der Waals surface area contributed by atoms with Gasteiger partial charge in [-0.05, 0) is 49.7 Å². The lowest BCUT2D eigenvalue weighted by molar-refractivity contribution is -0.384. The molecule has 0 aliphatic heterocycles. The highest BCUT2D eigenvalue weighted by Gasteiger charge is 2.23. The first-order valence-electron chi connectivity index (χ1n) is 8.25. The number of benzene rings is 2. The number of hydrogen-bond acceptors (Lipinski definition) is 6. The highest BCUT2D eigenvalue weighted by atomic mass is 19.1. The van der Waals surface area contributed by atoms with Crippen LogP contribution in [0.4, 0.5) is 15.8 Å². The number of rotatable bonds is 6. The molecule has 0 radical (unpaired) electrons. The van der Waals surface area contributed by atoms with Crippen LogP contribution in [0.3, 0.4) is 0 Å². The molecule has 2 aromatic carbocycles. The first-order valence-corrected chi connectivity index (χ1v) is 8.25. The Morgan fingerprint density at radius 1 is 1.25 bits per heavy atom. The summed E-state index contributed by atoms with van der Waals surface area (Å²) in [6.45, 7) is 3.28. The lowest BCUT2D eigenvalue weighted by Gasteiger charge is -2.08. The summed E-state index contributed by atoms with van der Waals surface area (Å²) in [4.78, 5) is 23.2. The van der Waals surface area contributed by atoms with Gasteiger partial charge in [0.15, 0.2) is 5.69 Å². The van der Waals surface area contributed by atoms with Crippen molar-refractivity contribution in [2.75, 3.05) is 5.32 Å². The Labute approximate surface area is 159 Å². The molecular formula is C19H16FN3O5. The fourth-order valence-corrected chi connectivity index (χ4v) is 2.51. The molecule has 0 atom stereocenters. The molecule has 0 aliphatic rings. The lowest BCUT2D eigenvalue weighted by atomic mass is 10.1. The number of carbonyl (C=O) groups excluding carboxylic acids is 1. The molecule has 28 heavy (non-hydrogen) atoms. The molecule has 1 heterocycles. The third kappa shape index (κ3) is 4.14. The number of nitro benzene ring substituents is 1. The van der Waals surface area contributed by atoms with E-state index < -0.39 is 16.6 Å². The molecule has 0 saturated carbocycles. The zero-order valence-electron chi connectivity index (χ0n) is 15.1. The van der Waals surface area contributed by atoms with E-state index in [2.05, 4.69) is 10.5 Å². The SMILES string of the molecule is Cc1ccc(NC(=O)c2noc(C)c2COc2ccc(F)cc2)c([N+](=O)[O-])c1. The van der Waals surface area contributed by atoms with Crippen molar-refractivity contribution in [3.8, 4) is 5.75 Å². The first-order chi connectivity index (χ1) is 13.3. The lowest BCUT2D eigenvalue weighted by Crippen LogP contribution is -2.16. The minimum Gasteiger partial charge on any atom is -0.489 e. The average Bonchev–Trinajstić information content (AvgIpc) is 3.03. The molecule has 0 aliphatic carbocycles. The zero-order chi connectivity index (χ0) is 20.3. The third-order valence-electron chi connectivity index (χ3n) is 3.99. The number of nitrogens with one attached hydrogen (secondary N) is 1. The molecule has 0 bridgehead atoms. The Kier molecular flexibility index (Phi) is 5.35. The van der Waals surface area contributed by atoms with Crippen molar-refractivity contribution in [2.24, 2.45) is 0 Å². The standard InChI is InChI=1S/C19H16FN3O5/c1-11-3-8-16(17(9-11)23(25)26)21-19(24)18-15(12(2)28-22-18)10-27-14-6-4-13(20)5-7-14/h3-9H,10H2,1-2H3,(H,21,24). The second-order valence-corrected chi connectivity index (χ2v) is 6.04. The minimum atomic E-state index is -0.665. The maximum Gasteiger partial charge on any atom is 0.293 e. The van der Waals surface area contributed by atoms with Gasteiger partial charge in [0.25, 0.3) is 11.6 Å². The van der Waals surface area contributed by atoms with E-state index in [1.807, 2.05) is 0 Å². The molecular weight excluding hydrogens is 369 g/mol. The summed E-state index contributed by atoms with van der Waals surface area (Å²) in [5.41, 5.74) is 0.853. The molecule has 3 rings (SSSR count). The van der Waals surface area contributed by atoms with Gasteiger partial charge in [-0.2, -0.15) is 0 Å². The van der Waals surface area contributed by atoms with Gasteiger partial charge >= 0.3 is 0 Å². The number of aryl methyl sites for hydroxylation is 2. The maximum absolute atomic E-state index is 13.0. The molecule has 0 spiro atoms. The summed E-state index contributed by atoms with van der Waals surface area (Å²) >= 11 is 0. The van der Waals surface area contributed by atoms with E-state index in [0.29, 0.717) is 22.6 Å². The van der Waals surface area contributed by atoms with Crippen LogP contribution in [-0.4, -0.2) is 16.0 Å². The number of anilines is 1. The van der Waals surface area contributed by atoms with Crippen molar-refractivity contribution in [2.45, 2.75) is 20.5 Å². The average molecular weight is 385 g/mol. The van der Waals surface area contributed by atoms with Crippen LogP contribution < -0.4 is 10.1 Å². The van der Waals surface area contributed by atoms with Crippen molar-refractivity contribution in [1.29, 1.82) is 0 Å². The van der Waals surface area contributed by atoms with Gasteiger partial charge < -0.3 is 14.6 Å². The smallest absolute Gasteiger partial charge is 0.293 e. The molecule has 0 saturated heterocycles. The van der Waals surface area contributed by atoms with E-state index in [9.17, 15) is 19.3 Å². The Bertz CT molecular complexity index is 1030. The molecule has 144 valence electrons. The zero-order valence-corrected chi connectivity index (χ0v) is 15.1. The number of carbonyl (C=O) groups is 1. The van der Waals surface area contributed by atoms with Crippen molar-refractivity contribution < 1.29 is 23.4 Å². The summed E-state index contributed by atoms with van der Waals surface area (Å²) in [7, 11) is 0. The van der Waals surface area contributed by atoms with E-state index in [0.717, 1.165) is 0 Å². The molecule has 1 aromatic heterocycles. The summed E-state index contributed by atoms with van der Waals surface area (Å²) < 4.78 is 23.6. The maximum atomic E-state index is 13.0. The van der Waals surface area contributed by atoms with Crippen LogP contribution in [-0.2, 0) is 6.61 Å². The van der Waals surface area contributed by atoms with E-state index in [1.165, 1.54) is 36.4 Å². The normalized spacial score (nSPS) is 10.5. The molecule has 8 nitrogen and oxygen atoms in total. The molecule has 9 heteroatoms. The summed E-state index contributed by atoms with van der Waals surface area (Å²) in [5, 5.41) is 17.4. The fraction of sp³-hybridized carbons (Fsp3) is 0.158. The van der Waals surface area contributed by atoms with E-state index in [1.54, 1.807) is 19.9 Å². The van der Waals surface area contributed by atoms with Crippen LogP contribution >= 0.6 is 0 Å². The predicted octanol–water partition coefficient (Wildman–Crippen LogP) is 4.17. The topological polar surface area (TPSA) is 108 Å². The molecule has 3 aromatic rings. The monoisotopic (exact) mass is 385 g/mol. The Morgan fingerprint density at radius 2 is 1.96 bits per heavy atom. The van der Waals surface area contributed by atoms with Crippen molar-refractivity contribution >= 4 is 17.3 Å². The van der Waals surface area contributed by atoms with Gasteiger partial charge in [0.1, 0.15) is 29.6 Å². The molecule has 0 fully saturated rings. The number of hydrogen-bond donors (Lipinski definition) is 1. The number of halogens is 1. The van der Waals surface area contributed by atoms with Gasteiger partial charge in [0, 0.05) is 6.07 Å². The largest absolute Gasteiger partial charge is 0.489 e. The molecule has 1 amide bonds. The Hall–Kier alpha value is -3.75. The number of nitro groups is 1. The Balaban J connectivity index is 1.80. The number of ether oxygens (including phenoxy) is 1. The van der Waals surface area contributed by atoms with Gasteiger partial charge in [-0.15, -0.1) is 0 Å². The van der Waals surface area contributed by atoms with Crippen LogP contribution in [0.2, 0.25) is 0 Å². The fourth-order valence-electron chi connectivity index (χ4n) is 2.51. The van der Waals surface area contributed by atoms with Crippen molar-refractivity contribution in [1.82, 2.24) is 5.16 Å². The van der Waals surface area contributed by atoms with Gasteiger partial charge in [0.05, 0.1) is 10.5 Å². The summed E-state index contributed by atoms with van der Waals surface area (Å²) in [5.74, 6) is -0.289. The van der Waals surface area contributed by atoms with Gasteiger partial charge in [-0.3, -0.25) is 14.9 Å². The van der Waals surface area contributed by atoms with E-state index in [4.69, 9.17) is 9.26 Å². The van der Waals surface area contributed by atoms with Gasteiger partial charge in [-0.1, -0.05) is 11.2 Å². The third-order valence-corrected chi connectivity index (χ3v) is 3.99. The Morgan fingerprint density at radius 3 is 2.64 bits per heavy atom. The van der Waals surface area contributed by atoms with Gasteiger partial charge in [0.2, 0.25) is 0 Å². The van der Waals surface area contributed by atoms with Crippen LogP contribution in [0.5, 0.6) is 5.75 Å². The van der Waals surface area contributed by atoms with E-state index >= 15 is 0 Å². The first kappa shape index (κ1) is 19.0. The second kappa shape index (κ2) is 7.87. The molecule has 0 unspecified atom stereocenters.